The van der Waals surface area contributed by atoms with Crippen LogP contribution in [0.1, 0.15) is 38.5 Å². The molecule has 7 nitrogen and oxygen atoms in total. The molecule has 0 bridgehead atoms. The van der Waals surface area contributed by atoms with E-state index in [1.54, 1.807) is 0 Å². The van der Waals surface area contributed by atoms with Crippen molar-refractivity contribution >= 4 is 23.6 Å². The van der Waals surface area contributed by atoms with Gasteiger partial charge < -0.3 is 10.8 Å². The number of aliphatic carboxylic acids is 1. The molecule has 1 saturated carbocycles. The maximum absolute atomic E-state index is 11.9. The maximum Gasteiger partial charge on any atom is 0.490 e. The molecule has 10 heteroatoms. The van der Waals surface area contributed by atoms with Crippen LogP contribution in [0.15, 0.2) is 12.2 Å². The molecule has 0 radical (unpaired) electrons. The maximum atomic E-state index is 11.9. The van der Waals surface area contributed by atoms with E-state index in [0.29, 0.717) is 13.0 Å². The van der Waals surface area contributed by atoms with Crippen molar-refractivity contribution in [2.45, 2.75) is 50.7 Å². The summed E-state index contributed by atoms with van der Waals surface area (Å²) in [6, 6.07) is -0.0337. The van der Waals surface area contributed by atoms with Gasteiger partial charge in [-0.2, -0.15) is 13.2 Å². The zero-order valence-corrected chi connectivity index (χ0v) is 14.0. The second-order valence-electron chi connectivity index (χ2n) is 6.05. The predicted octanol–water partition coefficient (Wildman–Crippen LogP) is 1.41. The van der Waals surface area contributed by atoms with E-state index in [1.165, 1.54) is 17.1 Å². The Labute approximate surface area is 148 Å². The molecule has 2 aliphatic rings. The van der Waals surface area contributed by atoms with Gasteiger partial charge >= 0.3 is 12.1 Å². The number of carbonyl (C=O) groups excluding carboxylic acids is 3. The highest BCUT2D eigenvalue weighted by Gasteiger charge is 2.38. The molecule has 0 saturated heterocycles. The normalized spacial score (nSPS) is 22.8. The molecule has 1 aliphatic carbocycles. The average Bonchev–Trinajstić information content (AvgIpc) is 2.91. The summed E-state index contributed by atoms with van der Waals surface area (Å²) in [7, 11) is 0. The molecule has 1 fully saturated rings. The third kappa shape index (κ3) is 6.25. The molecule has 0 unspecified atom stereocenters. The fourth-order valence-electron chi connectivity index (χ4n) is 2.91. The number of halogens is 3. The lowest BCUT2D eigenvalue weighted by Gasteiger charge is -2.32. The third-order valence-electron chi connectivity index (χ3n) is 4.23. The predicted molar refractivity (Wildman–Crippen MR) is 83.7 cm³/mol. The van der Waals surface area contributed by atoms with Crippen LogP contribution in [0.2, 0.25) is 0 Å². The van der Waals surface area contributed by atoms with Gasteiger partial charge in [0.2, 0.25) is 0 Å². The van der Waals surface area contributed by atoms with E-state index in [9.17, 15) is 27.6 Å². The number of imide groups is 1. The Hall–Kier alpha value is -2.23. The lowest BCUT2D eigenvalue weighted by Crippen LogP contribution is -2.42. The second kappa shape index (κ2) is 9.46. The van der Waals surface area contributed by atoms with Gasteiger partial charge in [0.15, 0.2) is 0 Å². The fourth-order valence-corrected chi connectivity index (χ4v) is 2.91. The molecule has 1 heterocycles. The van der Waals surface area contributed by atoms with Crippen molar-refractivity contribution in [2.24, 2.45) is 11.7 Å². The number of Topliss-reactive ketones (excluding diaryl/α,β-unsaturated/α-hetero) is 1. The van der Waals surface area contributed by atoms with E-state index in [-0.39, 0.29) is 29.6 Å². The van der Waals surface area contributed by atoms with E-state index in [1.807, 2.05) is 0 Å². The number of amides is 2. The van der Waals surface area contributed by atoms with Crippen molar-refractivity contribution in [3.63, 3.8) is 0 Å². The Bertz CT molecular complexity index is 563. The van der Waals surface area contributed by atoms with Crippen molar-refractivity contribution in [2.75, 3.05) is 6.54 Å². The third-order valence-corrected chi connectivity index (χ3v) is 4.23. The molecule has 2 rings (SSSR count). The summed E-state index contributed by atoms with van der Waals surface area (Å²) < 4.78 is 31.7. The van der Waals surface area contributed by atoms with Gasteiger partial charge in [0.25, 0.3) is 11.8 Å². The number of alkyl halides is 3. The molecule has 0 aromatic rings. The van der Waals surface area contributed by atoms with Crippen LogP contribution in [0.5, 0.6) is 0 Å². The minimum atomic E-state index is -5.08. The summed E-state index contributed by atoms with van der Waals surface area (Å²) in [4.78, 5) is 45.3. The molecule has 3 N–H and O–H groups in total. The Kier molecular flexibility index (Phi) is 7.94. The highest BCUT2D eigenvalue weighted by molar-refractivity contribution is 6.13. The number of carboxylic acids is 1. The van der Waals surface area contributed by atoms with Gasteiger partial charge in [0, 0.05) is 30.5 Å². The van der Waals surface area contributed by atoms with Gasteiger partial charge in [-0.1, -0.05) is 0 Å². The number of ketones is 1. The van der Waals surface area contributed by atoms with E-state index >= 15 is 0 Å². The molecule has 26 heavy (non-hydrogen) atoms. The van der Waals surface area contributed by atoms with Gasteiger partial charge in [-0.05, 0) is 38.6 Å². The summed E-state index contributed by atoms with van der Waals surface area (Å²) in [5, 5.41) is 7.12. The average molecular weight is 378 g/mol. The Morgan fingerprint density at radius 3 is 1.96 bits per heavy atom. The summed E-state index contributed by atoms with van der Waals surface area (Å²) in [5.41, 5.74) is 5.40. The van der Waals surface area contributed by atoms with Crippen LogP contribution in [0.25, 0.3) is 0 Å². The van der Waals surface area contributed by atoms with Crippen LogP contribution < -0.4 is 5.73 Å². The standard InChI is InChI=1S/C14H20N2O3.C2HF3O2/c15-9-1-2-12(17)10-3-5-11(6-4-10)16-13(18)7-8-14(16)19;3-2(4,5)1(6)7/h7-8,10-11H,1-6,9,15H2;(H,6,7). The van der Waals surface area contributed by atoms with Crippen LogP contribution in [0.3, 0.4) is 0 Å². The van der Waals surface area contributed by atoms with E-state index in [0.717, 1.165) is 32.1 Å². The van der Waals surface area contributed by atoms with E-state index < -0.39 is 12.1 Å². The van der Waals surface area contributed by atoms with Crippen LogP contribution in [0.4, 0.5) is 13.2 Å². The first kappa shape index (κ1) is 21.8. The van der Waals surface area contributed by atoms with Crippen molar-refractivity contribution in [1.29, 1.82) is 0 Å². The fraction of sp³-hybridized carbons (Fsp3) is 0.625. The Balaban J connectivity index is 0.000000412. The largest absolute Gasteiger partial charge is 0.490 e. The van der Waals surface area contributed by atoms with Crippen LogP contribution in [0, 0.1) is 5.92 Å². The second-order valence-corrected chi connectivity index (χ2v) is 6.05. The van der Waals surface area contributed by atoms with E-state index in [2.05, 4.69) is 0 Å². The number of rotatable bonds is 5. The topological polar surface area (TPSA) is 118 Å². The highest BCUT2D eigenvalue weighted by Crippen LogP contribution is 2.30. The van der Waals surface area contributed by atoms with Gasteiger partial charge in [-0.25, -0.2) is 4.79 Å². The monoisotopic (exact) mass is 378 g/mol. The lowest BCUT2D eigenvalue weighted by molar-refractivity contribution is -0.192. The molecule has 1 aliphatic heterocycles. The Morgan fingerprint density at radius 2 is 1.58 bits per heavy atom. The van der Waals surface area contributed by atoms with Crippen molar-refractivity contribution in [1.82, 2.24) is 4.90 Å². The first-order chi connectivity index (χ1) is 12.1. The van der Waals surface area contributed by atoms with Crippen molar-refractivity contribution in [3.8, 4) is 0 Å². The van der Waals surface area contributed by atoms with Gasteiger partial charge in [0.05, 0.1) is 0 Å². The molecule has 0 atom stereocenters. The number of hydrogen-bond donors (Lipinski definition) is 2. The van der Waals surface area contributed by atoms with Crippen LogP contribution in [-0.2, 0) is 19.2 Å². The SMILES string of the molecule is NCCCC(=O)C1CCC(N2C(=O)C=CC2=O)CC1.O=C(O)C(F)(F)F. The van der Waals surface area contributed by atoms with Crippen molar-refractivity contribution in [3.05, 3.63) is 12.2 Å². The number of hydrogen-bond acceptors (Lipinski definition) is 5. The van der Waals surface area contributed by atoms with Crippen LogP contribution >= 0.6 is 0 Å². The molecular weight excluding hydrogens is 357 g/mol. The zero-order valence-electron chi connectivity index (χ0n) is 14.0. The number of nitrogens with two attached hydrogens (primary N) is 1. The van der Waals surface area contributed by atoms with Gasteiger partial charge in [-0.3, -0.25) is 19.3 Å². The van der Waals surface area contributed by atoms with Gasteiger partial charge in [-0.15, -0.1) is 0 Å². The molecule has 146 valence electrons. The summed E-state index contributed by atoms with van der Waals surface area (Å²) in [6.45, 7) is 0.545. The lowest BCUT2D eigenvalue weighted by atomic mass is 9.82. The minimum absolute atomic E-state index is 0.0337. The summed E-state index contributed by atoms with van der Waals surface area (Å²) >= 11 is 0. The smallest absolute Gasteiger partial charge is 0.475 e. The van der Waals surface area contributed by atoms with Gasteiger partial charge in [0.1, 0.15) is 5.78 Å². The van der Waals surface area contributed by atoms with Crippen LogP contribution in [-0.4, -0.2) is 52.3 Å². The number of carboxylic acid groups (broad SMARTS) is 1. The quantitative estimate of drug-likeness (QED) is 0.699. The summed E-state index contributed by atoms with van der Waals surface area (Å²) in [5.74, 6) is -2.83. The Morgan fingerprint density at radius 1 is 1.12 bits per heavy atom. The molecular formula is C16H21F3N2O5. The van der Waals surface area contributed by atoms with Crippen molar-refractivity contribution < 1.29 is 37.5 Å². The van der Waals surface area contributed by atoms with E-state index in [4.69, 9.17) is 15.6 Å². The highest BCUT2D eigenvalue weighted by atomic mass is 19.4. The molecule has 0 aromatic carbocycles. The number of nitrogens with zero attached hydrogens (tertiary/aromatic N) is 1. The first-order valence-corrected chi connectivity index (χ1v) is 8.16. The minimum Gasteiger partial charge on any atom is -0.475 e. The summed E-state index contributed by atoms with van der Waals surface area (Å²) in [6.07, 6.45) is 1.86. The molecule has 0 aromatic heterocycles. The number of carbonyl (C=O) groups is 4. The molecule has 0 spiro atoms. The first-order valence-electron chi connectivity index (χ1n) is 8.16. The molecule has 2 amide bonds. The zero-order chi connectivity index (χ0) is 19.9.